The van der Waals surface area contributed by atoms with E-state index in [1.807, 2.05) is 6.92 Å². The van der Waals surface area contributed by atoms with Gasteiger partial charge in [0.2, 0.25) is 5.91 Å². The summed E-state index contributed by atoms with van der Waals surface area (Å²) in [6.07, 6.45) is 0. The lowest BCUT2D eigenvalue weighted by atomic mass is 10.1. The summed E-state index contributed by atoms with van der Waals surface area (Å²) >= 11 is 0. The number of rotatable bonds is 0. The lowest BCUT2D eigenvalue weighted by molar-refractivity contribution is -0.130. The van der Waals surface area contributed by atoms with Gasteiger partial charge in [0.15, 0.2) is 0 Å². The van der Waals surface area contributed by atoms with Crippen LogP contribution in [0, 0.1) is 5.92 Å². The second kappa shape index (κ2) is 0.965. The standard InChI is InChI=1S/C4H7NO/c1-3-2-5-4(3)6/h3H,2H2,1H3,(H,5,6). The first kappa shape index (κ1) is 3.65. The summed E-state index contributed by atoms with van der Waals surface area (Å²) in [6, 6.07) is 0. The van der Waals surface area contributed by atoms with Crippen molar-refractivity contribution in [1.82, 2.24) is 5.32 Å². The number of carbonyl (C=O) groups is 1. The van der Waals surface area contributed by atoms with Gasteiger partial charge in [-0.05, 0) is 0 Å². The number of hydrogen-bond donors (Lipinski definition) is 1. The van der Waals surface area contributed by atoms with E-state index in [0.717, 1.165) is 6.54 Å². The molecule has 0 aliphatic carbocycles. The first-order valence-corrected chi connectivity index (χ1v) is 2.08. The molecule has 1 N–H and O–H groups in total. The molecule has 0 saturated carbocycles. The molecule has 2 nitrogen and oxygen atoms in total. The lowest BCUT2D eigenvalue weighted by Crippen LogP contribution is -2.46. The van der Waals surface area contributed by atoms with Crippen molar-refractivity contribution >= 4 is 5.91 Å². The quantitative estimate of drug-likeness (QED) is 0.404. The molecule has 0 aromatic heterocycles. The van der Waals surface area contributed by atoms with E-state index in [1.54, 1.807) is 0 Å². The molecule has 6 heavy (non-hydrogen) atoms. The highest BCUT2D eigenvalue weighted by molar-refractivity contribution is 5.83. The van der Waals surface area contributed by atoms with Gasteiger partial charge in [-0.1, -0.05) is 6.92 Å². The van der Waals surface area contributed by atoms with E-state index in [2.05, 4.69) is 5.32 Å². The van der Waals surface area contributed by atoms with Crippen LogP contribution in [0.1, 0.15) is 6.92 Å². The summed E-state index contributed by atoms with van der Waals surface area (Å²) < 4.78 is 0. The molecule has 1 aliphatic rings. The Labute approximate surface area is 36.5 Å². The summed E-state index contributed by atoms with van der Waals surface area (Å²) in [7, 11) is 0. The Hall–Kier alpha value is -0.530. The van der Waals surface area contributed by atoms with Gasteiger partial charge in [-0.3, -0.25) is 4.79 Å². The molecular formula is C4H7NO. The lowest BCUT2D eigenvalue weighted by Gasteiger charge is -2.20. The van der Waals surface area contributed by atoms with Crippen LogP contribution in [0.25, 0.3) is 0 Å². The van der Waals surface area contributed by atoms with Crippen molar-refractivity contribution in [2.45, 2.75) is 6.92 Å². The van der Waals surface area contributed by atoms with Gasteiger partial charge in [-0.25, -0.2) is 0 Å². The average molecular weight is 85.1 g/mol. The Bertz CT molecular complexity index is 79.6. The van der Waals surface area contributed by atoms with E-state index < -0.39 is 0 Å². The predicted octanol–water partition coefficient (Wildman–Crippen LogP) is -0.248. The molecule has 0 aromatic carbocycles. The van der Waals surface area contributed by atoms with Crippen LogP contribution in [0.3, 0.4) is 0 Å². The van der Waals surface area contributed by atoms with E-state index in [1.165, 1.54) is 0 Å². The Kier molecular flexibility index (Phi) is 0.587. The monoisotopic (exact) mass is 85.1 g/mol. The Morgan fingerprint density at radius 1 is 2.00 bits per heavy atom. The highest BCUT2D eigenvalue weighted by atomic mass is 16.2. The van der Waals surface area contributed by atoms with Gasteiger partial charge < -0.3 is 5.32 Å². The largest absolute Gasteiger partial charge is 0.355 e. The second-order valence-electron chi connectivity index (χ2n) is 1.65. The highest BCUT2D eigenvalue weighted by Crippen LogP contribution is 2.00. The van der Waals surface area contributed by atoms with Crippen LogP contribution in [0.4, 0.5) is 0 Å². The van der Waals surface area contributed by atoms with Crippen LogP contribution in [0.2, 0.25) is 0 Å². The molecule has 0 spiro atoms. The van der Waals surface area contributed by atoms with Gasteiger partial charge in [0.25, 0.3) is 0 Å². The molecule has 1 fully saturated rings. The van der Waals surface area contributed by atoms with Crippen molar-refractivity contribution in [3.8, 4) is 0 Å². The van der Waals surface area contributed by atoms with Crippen LogP contribution in [0.5, 0.6) is 0 Å². The third-order valence-electron chi connectivity index (χ3n) is 1.03. The molecule has 1 unspecified atom stereocenters. The molecule has 1 atom stereocenters. The van der Waals surface area contributed by atoms with Crippen molar-refractivity contribution in [1.29, 1.82) is 0 Å². The van der Waals surface area contributed by atoms with Crippen LogP contribution >= 0.6 is 0 Å². The third-order valence-corrected chi connectivity index (χ3v) is 1.03. The molecule has 1 amide bonds. The van der Waals surface area contributed by atoms with Crippen LogP contribution in [-0.2, 0) is 4.79 Å². The smallest absolute Gasteiger partial charge is 0.224 e. The fraction of sp³-hybridized carbons (Fsp3) is 0.750. The van der Waals surface area contributed by atoms with Gasteiger partial charge in [0.1, 0.15) is 0 Å². The molecule has 0 bridgehead atoms. The van der Waals surface area contributed by atoms with Gasteiger partial charge >= 0.3 is 0 Å². The number of carbonyl (C=O) groups excluding carboxylic acids is 1. The van der Waals surface area contributed by atoms with E-state index in [-0.39, 0.29) is 11.8 Å². The summed E-state index contributed by atoms with van der Waals surface area (Å²) in [5, 5.41) is 2.62. The van der Waals surface area contributed by atoms with Crippen molar-refractivity contribution in [3.05, 3.63) is 0 Å². The molecule has 1 aliphatic heterocycles. The highest BCUT2D eigenvalue weighted by Gasteiger charge is 2.20. The van der Waals surface area contributed by atoms with Gasteiger partial charge in [-0.2, -0.15) is 0 Å². The number of β-lactam (4-membered cyclic amide) rings is 1. The van der Waals surface area contributed by atoms with Gasteiger partial charge in [0, 0.05) is 6.54 Å². The van der Waals surface area contributed by atoms with Gasteiger partial charge in [-0.15, -0.1) is 0 Å². The summed E-state index contributed by atoms with van der Waals surface area (Å²) in [5.74, 6) is 0.472. The van der Waals surface area contributed by atoms with E-state index in [9.17, 15) is 4.79 Å². The van der Waals surface area contributed by atoms with E-state index >= 15 is 0 Å². The van der Waals surface area contributed by atoms with Crippen molar-refractivity contribution in [3.63, 3.8) is 0 Å². The van der Waals surface area contributed by atoms with E-state index in [4.69, 9.17) is 0 Å². The molecule has 1 saturated heterocycles. The van der Waals surface area contributed by atoms with Gasteiger partial charge in [0.05, 0.1) is 5.92 Å². The van der Waals surface area contributed by atoms with Crippen molar-refractivity contribution < 1.29 is 4.79 Å². The topological polar surface area (TPSA) is 29.1 Å². The minimum atomic E-state index is 0.190. The van der Waals surface area contributed by atoms with Crippen molar-refractivity contribution in [2.75, 3.05) is 6.54 Å². The zero-order valence-corrected chi connectivity index (χ0v) is 3.69. The fourth-order valence-corrected chi connectivity index (χ4v) is 0.390. The third kappa shape index (κ3) is 0.295. The maximum absolute atomic E-state index is 10.1. The molecule has 2 heteroatoms. The fourth-order valence-electron chi connectivity index (χ4n) is 0.390. The second-order valence-corrected chi connectivity index (χ2v) is 1.65. The van der Waals surface area contributed by atoms with Crippen LogP contribution in [0.15, 0.2) is 0 Å². The molecular weight excluding hydrogens is 78.0 g/mol. The Morgan fingerprint density at radius 3 is 2.50 bits per heavy atom. The number of amides is 1. The molecule has 1 heterocycles. The summed E-state index contributed by atoms with van der Waals surface area (Å²) in [4.78, 5) is 10.1. The summed E-state index contributed by atoms with van der Waals surface area (Å²) in [5.41, 5.74) is 0. The first-order valence-electron chi connectivity index (χ1n) is 2.08. The molecule has 0 radical (unpaired) electrons. The Morgan fingerprint density at radius 2 is 2.50 bits per heavy atom. The summed E-state index contributed by atoms with van der Waals surface area (Å²) in [6.45, 7) is 2.79. The molecule has 1 rings (SSSR count). The number of nitrogens with one attached hydrogen (secondary N) is 1. The molecule has 0 aromatic rings. The predicted molar refractivity (Wildman–Crippen MR) is 22.2 cm³/mol. The Balaban J connectivity index is 2.39. The number of hydrogen-bond acceptors (Lipinski definition) is 1. The minimum Gasteiger partial charge on any atom is -0.355 e. The zero-order chi connectivity index (χ0) is 4.57. The average Bonchev–Trinajstić information content (AvgIpc) is 1.61. The maximum atomic E-state index is 10.1. The zero-order valence-electron chi connectivity index (χ0n) is 3.69. The SMILES string of the molecule is CC1CNC1=O. The van der Waals surface area contributed by atoms with E-state index in [0.29, 0.717) is 0 Å². The normalized spacial score (nSPS) is 31.5. The minimum absolute atomic E-state index is 0.190. The van der Waals surface area contributed by atoms with Crippen molar-refractivity contribution in [2.24, 2.45) is 5.92 Å². The first-order chi connectivity index (χ1) is 2.80. The maximum Gasteiger partial charge on any atom is 0.224 e. The molecule has 34 valence electrons. The van der Waals surface area contributed by atoms with Crippen LogP contribution < -0.4 is 5.32 Å². The van der Waals surface area contributed by atoms with Crippen LogP contribution in [-0.4, -0.2) is 12.5 Å².